The second-order valence-corrected chi connectivity index (χ2v) is 9.22. The summed E-state index contributed by atoms with van der Waals surface area (Å²) in [5.74, 6) is -0.436. The third kappa shape index (κ3) is 4.82. The fourth-order valence-electron chi connectivity index (χ4n) is 3.95. The number of carbonyl (C=O) groups is 2. The van der Waals surface area contributed by atoms with E-state index in [0.29, 0.717) is 30.9 Å². The van der Waals surface area contributed by atoms with Gasteiger partial charge in [-0.15, -0.1) is 0 Å². The van der Waals surface area contributed by atoms with Gasteiger partial charge in [-0.05, 0) is 49.7 Å². The Morgan fingerprint density at radius 1 is 1.30 bits per heavy atom. The SMILES string of the molecule is CC1=NOC(C)(C(=O)NC(CNC(=O)[C@@H]2C[C@H]2c2ccccc2F)C(C)C(C)C)C1. The summed E-state index contributed by atoms with van der Waals surface area (Å²) in [6.45, 7) is 10.1. The van der Waals surface area contributed by atoms with Gasteiger partial charge in [-0.3, -0.25) is 9.59 Å². The molecule has 6 nitrogen and oxygen atoms in total. The zero-order chi connectivity index (χ0) is 22.1. The molecule has 164 valence electrons. The van der Waals surface area contributed by atoms with E-state index >= 15 is 0 Å². The molecular weight excluding hydrogens is 385 g/mol. The molecule has 0 saturated heterocycles. The van der Waals surface area contributed by atoms with Crippen LogP contribution in [0.3, 0.4) is 0 Å². The van der Waals surface area contributed by atoms with Crippen LogP contribution in [0.5, 0.6) is 0 Å². The highest BCUT2D eigenvalue weighted by molar-refractivity contribution is 5.94. The number of amides is 2. The average molecular weight is 418 g/mol. The van der Waals surface area contributed by atoms with Gasteiger partial charge >= 0.3 is 0 Å². The van der Waals surface area contributed by atoms with Crippen molar-refractivity contribution in [1.29, 1.82) is 0 Å². The average Bonchev–Trinajstić information content (AvgIpc) is 3.41. The van der Waals surface area contributed by atoms with Crippen molar-refractivity contribution in [2.75, 3.05) is 6.54 Å². The topological polar surface area (TPSA) is 79.8 Å². The Hall–Kier alpha value is -2.44. The van der Waals surface area contributed by atoms with Crippen LogP contribution in [0.15, 0.2) is 29.4 Å². The van der Waals surface area contributed by atoms with Crippen molar-refractivity contribution < 1.29 is 18.8 Å². The zero-order valence-electron chi connectivity index (χ0n) is 18.4. The van der Waals surface area contributed by atoms with Gasteiger partial charge in [0.15, 0.2) is 0 Å². The quantitative estimate of drug-likeness (QED) is 0.681. The maximum atomic E-state index is 14.0. The van der Waals surface area contributed by atoms with E-state index in [0.717, 1.165) is 5.71 Å². The molecule has 2 amide bonds. The van der Waals surface area contributed by atoms with Crippen LogP contribution < -0.4 is 10.6 Å². The van der Waals surface area contributed by atoms with Gasteiger partial charge < -0.3 is 15.5 Å². The van der Waals surface area contributed by atoms with Crippen LogP contribution in [0.2, 0.25) is 0 Å². The minimum atomic E-state index is -1.02. The first-order chi connectivity index (χ1) is 14.1. The predicted molar refractivity (Wildman–Crippen MR) is 113 cm³/mol. The highest BCUT2D eigenvalue weighted by Crippen LogP contribution is 2.48. The lowest BCUT2D eigenvalue weighted by molar-refractivity contribution is -0.143. The molecule has 1 heterocycles. The Labute approximate surface area is 177 Å². The largest absolute Gasteiger partial charge is 0.379 e. The fourth-order valence-corrected chi connectivity index (χ4v) is 3.95. The molecule has 30 heavy (non-hydrogen) atoms. The summed E-state index contributed by atoms with van der Waals surface area (Å²) in [7, 11) is 0. The van der Waals surface area contributed by atoms with Crippen molar-refractivity contribution in [2.45, 2.75) is 65.0 Å². The van der Waals surface area contributed by atoms with Gasteiger partial charge in [-0.25, -0.2) is 4.39 Å². The van der Waals surface area contributed by atoms with Gasteiger partial charge in [0.1, 0.15) is 5.82 Å². The van der Waals surface area contributed by atoms with Crippen LogP contribution in [0.1, 0.15) is 58.9 Å². The third-order valence-corrected chi connectivity index (χ3v) is 6.41. The third-order valence-electron chi connectivity index (χ3n) is 6.41. The first-order valence-electron chi connectivity index (χ1n) is 10.7. The molecule has 2 N–H and O–H groups in total. The Morgan fingerprint density at radius 3 is 2.60 bits per heavy atom. The normalized spacial score (nSPS) is 27.1. The first kappa shape index (κ1) is 22.2. The predicted octanol–water partition coefficient (Wildman–Crippen LogP) is 3.38. The van der Waals surface area contributed by atoms with E-state index in [-0.39, 0.29) is 41.4 Å². The summed E-state index contributed by atoms with van der Waals surface area (Å²) in [6.07, 6.45) is 1.09. The maximum absolute atomic E-state index is 14.0. The van der Waals surface area contributed by atoms with Crippen molar-refractivity contribution >= 4 is 17.5 Å². The van der Waals surface area contributed by atoms with Crippen LogP contribution in [0.25, 0.3) is 0 Å². The number of oxime groups is 1. The number of nitrogens with one attached hydrogen (secondary N) is 2. The van der Waals surface area contributed by atoms with E-state index in [2.05, 4.69) is 36.6 Å². The van der Waals surface area contributed by atoms with Crippen LogP contribution >= 0.6 is 0 Å². The lowest BCUT2D eigenvalue weighted by Crippen LogP contribution is -2.54. The van der Waals surface area contributed by atoms with Crippen molar-refractivity contribution in [3.05, 3.63) is 35.6 Å². The molecule has 1 aliphatic heterocycles. The van der Waals surface area contributed by atoms with Crippen molar-refractivity contribution in [2.24, 2.45) is 22.9 Å². The molecule has 3 unspecified atom stereocenters. The van der Waals surface area contributed by atoms with Gasteiger partial charge in [0, 0.05) is 24.9 Å². The van der Waals surface area contributed by atoms with Crippen molar-refractivity contribution in [3.8, 4) is 0 Å². The van der Waals surface area contributed by atoms with Crippen LogP contribution in [-0.2, 0) is 14.4 Å². The van der Waals surface area contributed by atoms with Gasteiger partial charge in [-0.1, -0.05) is 44.1 Å². The zero-order valence-corrected chi connectivity index (χ0v) is 18.4. The standard InChI is InChI=1S/C23H32FN3O3/c1-13(2)15(4)20(26-22(29)23(5)11-14(3)27-30-23)12-25-21(28)18-10-17(18)16-8-6-7-9-19(16)24/h6-9,13,15,17-18,20H,10-12H2,1-5H3,(H,25,28)(H,26,29)/t15?,17-,18+,20?,23?/m0/s1. The number of benzene rings is 1. The fraction of sp³-hybridized carbons (Fsp3) is 0.609. The van der Waals surface area contributed by atoms with Crippen LogP contribution in [0, 0.1) is 23.6 Å². The summed E-state index contributed by atoms with van der Waals surface area (Å²) < 4.78 is 14.0. The highest BCUT2D eigenvalue weighted by atomic mass is 19.1. The molecule has 3 rings (SSSR count). The summed E-state index contributed by atoms with van der Waals surface area (Å²) >= 11 is 0. The monoisotopic (exact) mass is 417 g/mol. The van der Waals surface area contributed by atoms with E-state index < -0.39 is 5.60 Å². The number of nitrogens with zero attached hydrogens (tertiary/aromatic N) is 1. The van der Waals surface area contributed by atoms with Crippen molar-refractivity contribution in [3.63, 3.8) is 0 Å². The number of halogens is 1. The minimum absolute atomic E-state index is 0.0762. The highest BCUT2D eigenvalue weighted by Gasteiger charge is 2.46. The molecule has 1 aliphatic carbocycles. The molecule has 1 aromatic carbocycles. The Kier molecular flexibility index (Phi) is 6.48. The van der Waals surface area contributed by atoms with Gasteiger partial charge in [0.05, 0.1) is 5.71 Å². The molecule has 0 aromatic heterocycles. The molecule has 2 aliphatic rings. The molecule has 1 saturated carbocycles. The van der Waals surface area contributed by atoms with Gasteiger partial charge in [0.2, 0.25) is 11.5 Å². The van der Waals surface area contributed by atoms with E-state index in [9.17, 15) is 14.0 Å². The van der Waals surface area contributed by atoms with E-state index in [1.54, 1.807) is 25.1 Å². The molecule has 1 fully saturated rings. The molecule has 0 bridgehead atoms. The molecule has 0 spiro atoms. The summed E-state index contributed by atoms with van der Waals surface area (Å²) in [4.78, 5) is 30.9. The lowest BCUT2D eigenvalue weighted by Gasteiger charge is -2.31. The summed E-state index contributed by atoms with van der Waals surface area (Å²) in [5.41, 5.74) is 0.359. The maximum Gasteiger partial charge on any atom is 0.267 e. The van der Waals surface area contributed by atoms with E-state index in [1.807, 2.05) is 6.92 Å². The second kappa shape index (κ2) is 8.74. The second-order valence-electron chi connectivity index (χ2n) is 9.22. The van der Waals surface area contributed by atoms with Gasteiger partial charge in [-0.2, -0.15) is 0 Å². The van der Waals surface area contributed by atoms with Crippen LogP contribution in [0.4, 0.5) is 4.39 Å². The minimum Gasteiger partial charge on any atom is -0.379 e. The van der Waals surface area contributed by atoms with E-state index in [4.69, 9.17) is 4.84 Å². The number of carbonyl (C=O) groups excluding carboxylic acids is 2. The first-order valence-corrected chi connectivity index (χ1v) is 10.7. The number of hydrogen-bond acceptors (Lipinski definition) is 4. The summed E-state index contributed by atoms with van der Waals surface area (Å²) in [5, 5.41) is 9.93. The number of hydrogen-bond donors (Lipinski definition) is 2. The smallest absolute Gasteiger partial charge is 0.267 e. The number of rotatable bonds is 8. The van der Waals surface area contributed by atoms with Crippen molar-refractivity contribution in [1.82, 2.24) is 10.6 Å². The molecule has 0 radical (unpaired) electrons. The Morgan fingerprint density at radius 2 is 2.00 bits per heavy atom. The molecule has 5 atom stereocenters. The van der Waals surface area contributed by atoms with Gasteiger partial charge in [0.25, 0.3) is 5.91 Å². The molecule has 7 heteroatoms. The summed E-state index contributed by atoms with van der Waals surface area (Å²) in [6, 6.07) is 6.36. The molecular formula is C23H32FN3O3. The Bertz CT molecular complexity index is 841. The molecule has 1 aromatic rings. The lowest BCUT2D eigenvalue weighted by atomic mass is 9.89. The van der Waals surface area contributed by atoms with Crippen LogP contribution in [-0.4, -0.2) is 35.7 Å². The van der Waals surface area contributed by atoms with E-state index in [1.165, 1.54) is 6.07 Å². The Balaban J connectivity index is 1.58.